The summed E-state index contributed by atoms with van der Waals surface area (Å²) in [4.78, 5) is 23.6. The van der Waals surface area contributed by atoms with Gasteiger partial charge in [-0.1, -0.05) is 26.7 Å². The molecule has 0 heterocycles. The maximum Gasteiger partial charge on any atom is 0.323 e. The Morgan fingerprint density at radius 3 is 2.07 bits per heavy atom. The zero-order chi connectivity index (χ0) is 11.8. The topological polar surface area (TPSA) is 57.6 Å². The number of carboxylic acids is 1. The van der Waals surface area contributed by atoms with E-state index in [-0.39, 0.29) is 12.5 Å². The van der Waals surface area contributed by atoms with Gasteiger partial charge in [-0.25, -0.2) is 0 Å². The summed E-state index contributed by atoms with van der Waals surface area (Å²) in [5.74, 6) is -0.622. The summed E-state index contributed by atoms with van der Waals surface area (Å²) in [6, 6.07) is 0. The average molecular weight is 215 g/mol. The second kappa shape index (κ2) is 7.26. The highest BCUT2D eigenvalue weighted by molar-refractivity contribution is 5.81. The smallest absolute Gasteiger partial charge is 0.323 e. The molecule has 0 aromatic heterocycles. The monoisotopic (exact) mass is 215 g/mol. The Kier molecular flexibility index (Phi) is 6.75. The van der Waals surface area contributed by atoms with Gasteiger partial charge in [0, 0.05) is 13.0 Å². The molecule has 0 saturated carbocycles. The molecule has 0 saturated heterocycles. The van der Waals surface area contributed by atoms with Gasteiger partial charge in [0.1, 0.15) is 6.54 Å². The van der Waals surface area contributed by atoms with E-state index < -0.39 is 5.97 Å². The Hall–Kier alpha value is -1.06. The first kappa shape index (κ1) is 13.9. The highest BCUT2D eigenvalue weighted by atomic mass is 16.4. The van der Waals surface area contributed by atoms with Gasteiger partial charge in [0.25, 0.3) is 0 Å². The molecule has 4 heteroatoms. The molecule has 0 rings (SSSR count). The molecule has 1 N–H and O–H groups in total. The van der Waals surface area contributed by atoms with Crippen molar-refractivity contribution in [3.05, 3.63) is 0 Å². The third-order valence-corrected chi connectivity index (χ3v) is 2.68. The molecule has 15 heavy (non-hydrogen) atoms. The van der Waals surface area contributed by atoms with Gasteiger partial charge in [-0.2, -0.15) is 0 Å². The van der Waals surface area contributed by atoms with E-state index in [4.69, 9.17) is 5.11 Å². The van der Waals surface area contributed by atoms with Crippen LogP contribution in [0.5, 0.6) is 0 Å². The number of amides is 1. The highest BCUT2D eigenvalue weighted by Gasteiger charge is 2.17. The number of hydrogen-bond donors (Lipinski definition) is 1. The summed E-state index contributed by atoms with van der Waals surface area (Å²) in [7, 11) is 0. The quantitative estimate of drug-likeness (QED) is 0.703. The number of carbonyl (C=O) groups excluding carboxylic acids is 1. The van der Waals surface area contributed by atoms with Crippen LogP contribution in [0, 0.1) is 5.92 Å². The van der Waals surface area contributed by atoms with Gasteiger partial charge in [-0.15, -0.1) is 0 Å². The SMILES string of the molecule is CCC(CC)CC(=O)N(CC)CC(=O)O. The van der Waals surface area contributed by atoms with Crippen LogP contribution in [0.3, 0.4) is 0 Å². The van der Waals surface area contributed by atoms with Crippen molar-refractivity contribution in [1.29, 1.82) is 0 Å². The molecule has 0 atom stereocenters. The van der Waals surface area contributed by atoms with E-state index >= 15 is 0 Å². The number of rotatable bonds is 7. The zero-order valence-corrected chi connectivity index (χ0v) is 9.82. The molecule has 0 unspecified atom stereocenters. The summed E-state index contributed by atoms with van der Waals surface area (Å²) in [5, 5.41) is 8.62. The summed E-state index contributed by atoms with van der Waals surface area (Å²) in [6.07, 6.45) is 2.40. The number of likely N-dealkylation sites (N-methyl/N-ethyl adjacent to an activating group) is 1. The molecule has 0 bridgehead atoms. The van der Waals surface area contributed by atoms with E-state index in [1.54, 1.807) is 6.92 Å². The fraction of sp³-hybridized carbons (Fsp3) is 0.818. The van der Waals surface area contributed by atoms with Crippen LogP contribution in [-0.2, 0) is 9.59 Å². The van der Waals surface area contributed by atoms with Crippen molar-refractivity contribution in [3.8, 4) is 0 Å². The average Bonchev–Trinajstić information content (AvgIpc) is 2.21. The zero-order valence-electron chi connectivity index (χ0n) is 9.82. The van der Waals surface area contributed by atoms with Crippen molar-refractivity contribution in [2.75, 3.05) is 13.1 Å². The number of carbonyl (C=O) groups is 2. The normalized spacial score (nSPS) is 10.4. The first-order chi connectivity index (χ1) is 7.04. The van der Waals surface area contributed by atoms with Gasteiger partial charge in [0.15, 0.2) is 0 Å². The Bertz CT molecular complexity index is 212. The van der Waals surface area contributed by atoms with Crippen LogP contribution >= 0.6 is 0 Å². The van der Waals surface area contributed by atoms with Crippen LogP contribution in [0.2, 0.25) is 0 Å². The molecule has 88 valence electrons. The molecule has 0 aliphatic rings. The molecule has 0 radical (unpaired) electrons. The van der Waals surface area contributed by atoms with Gasteiger partial charge in [0.2, 0.25) is 5.91 Å². The fourth-order valence-electron chi connectivity index (χ4n) is 1.49. The molecule has 0 aliphatic carbocycles. The predicted molar refractivity (Wildman–Crippen MR) is 58.6 cm³/mol. The molecule has 0 aromatic rings. The van der Waals surface area contributed by atoms with E-state index in [9.17, 15) is 9.59 Å². The summed E-state index contributed by atoms with van der Waals surface area (Å²) < 4.78 is 0. The van der Waals surface area contributed by atoms with Crippen molar-refractivity contribution in [2.45, 2.75) is 40.0 Å². The first-order valence-electron chi connectivity index (χ1n) is 5.54. The van der Waals surface area contributed by atoms with Gasteiger partial charge >= 0.3 is 5.97 Å². The summed E-state index contributed by atoms with van der Waals surface area (Å²) >= 11 is 0. The number of hydrogen-bond acceptors (Lipinski definition) is 2. The van der Waals surface area contributed by atoms with E-state index in [0.717, 1.165) is 12.8 Å². The lowest BCUT2D eigenvalue weighted by Crippen LogP contribution is -2.36. The van der Waals surface area contributed by atoms with E-state index in [0.29, 0.717) is 18.9 Å². The van der Waals surface area contributed by atoms with Crippen molar-refractivity contribution in [2.24, 2.45) is 5.92 Å². The Morgan fingerprint density at radius 2 is 1.73 bits per heavy atom. The van der Waals surface area contributed by atoms with E-state index in [1.807, 2.05) is 0 Å². The molecule has 0 aromatic carbocycles. The molecular weight excluding hydrogens is 194 g/mol. The number of aliphatic carboxylic acids is 1. The largest absolute Gasteiger partial charge is 0.480 e. The molecule has 0 fully saturated rings. The van der Waals surface area contributed by atoms with Crippen LogP contribution in [0.4, 0.5) is 0 Å². The third-order valence-electron chi connectivity index (χ3n) is 2.68. The van der Waals surface area contributed by atoms with Gasteiger partial charge in [-0.05, 0) is 12.8 Å². The minimum Gasteiger partial charge on any atom is -0.480 e. The summed E-state index contributed by atoms with van der Waals surface area (Å²) in [6.45, 7) is 6.18. The molecule has 0 aliphatic heterocycles. The van der Waals surface area contributed by atoms with E-state index in [2.05, 4.69) is 13.8 Å². The second-order valence-electron chi connectivity index (χ2n) is 3.69. The predicted octanol–water partition coefficient (Wildman–Crippen LogP) is 1.75. The van der Waals surface area contributed by atoms with Gasteiger partial charge < -0.3 is 10.0 Å². The lowest BCUT2D eigenvalue weighted by Gasteiger charge is -2.21. The Labute approximate surface area is 91.3 Å². The van der Waals surface area contributed by atoms with Crippen molar-refractivity contribution in [3.63, 3.8) is 0 Å². The lowest BCUT2D eigenvalue weighted by molar-refractivity contribution is -0.144. The molecule has 4 nitrogen and oxygen atoms in total. The van der Waals surface area contributed by atoms with Crippen molar-refractivity contribution >= 4 is 11.9 Å². The molecular formula is C11H21NO3. The number of carboxylic acid groups (broad SMARTS) is 1. The Balaban J connectivity index is 4.19. The maximum absolute atomic E-state index is 11.7. The molecule has 1 amide bonds. The fourth-order valence-corrected chi connectivity index (χ4v) is 1.49. The van der Waals surface area contributed by atoms with Crippen LogP contribution in [0.1, 0.15) is 40.0 Å². The van der Waals surface area contributed by atoms with Crippen LogP contribution in [0.25, 0.3) is 0 Å². The third kappa shape index (κ3) is 5.40. The van der Waals surface area contributed by atoms with Crippen LogP contribution in [-0.4, -0.2) is 35.0 Å². The number of nitrogens with zero attached hydrogens (tertiary/aromatic N) is 1. The van der Waals surface area contributed by atoms with Crippen molar-refractivity contribution in [1.82, 2.24) is 4.90 Å². The minimum absolute atomic E-state index is 0.0476. The van der Waals surface area contributed by atoms with Gasteiger partial charge in [0.05, 0.1) is 0 Å². The molecule has 0 spiro atoms. The second-order valence-corrected chi connectivity index (χ2v) is 3.69. The van der Waals surface area contributed by atoms with Gasteiger partial charge in [-0.3, -0.25) is 9.59 Å². The standard InChI is InChI=1S/C11H21NO3/c1-4-9(5-2)7-10(13)12(6-3)8-11(14)15/h9H,4-8H2,1-3H3,(H,14,15). The van der Waals surface area contributed by atoms with Crippen LogP contribution in [0.15, 0.2) is 0 Å². The van der Waals surface area contributed by atoms with Crippen LogP contribution < -0.4 is 0 Å². The summed E-state index contributed by atoms with van der Waals surface area (Å²) in [5.41, 5.74) is 0. The lowest BCUT2D eigenvalue weighted by atomic mass is 9.99. The van der Waals surface area contributed by atoms with Crippen molar-refractivity contribution < 1.29 is 14.7 Å². The minimum atomic E-state index is -0.949. The maximum atomic E-state index is 11.7. The highest BCUT2D eigenvalue weighted by Crippen LogP contribution is 2.13. The first-order valence-corrected chi connectivity index (χ1v) is 5.54. The van der Waals surface area contributed by atoms with E-state index in [1.165, 1.54) is 4.90 Å². The Morgan fingerprint density at radius 1 is 1.20 bits per heavy atom.